The van der Waals surface area contributed by atoms with Crippen LogP contribution in [0.5, 0.6) is 0 Å². The van der Waals surface area contributed by atoms with E-state index in [2.05, 4.69) is 20.2 Å². The minimum absolute atomic E-state index is 0.128. The van der Waals surface area contributed by atoms with Gasteiger partial charge in [-0.15, -0.1) is 0 Å². The van der Waals surface area contributed by atoms with Crippen LogP contribution < -0.4 is 10.2 Å². The molecule has 2 atom stereocenters. The predicted octanol–water partition coefficient (Wildman–Crippen LogP) is 3.82. The molecule has 2 aliphatic rings. The number of alkyl halides is 1. The number of aryl methyl sites for hydroxylation is 1. The first-order valence-electron chi connectivity index (χ1n) is 11.0. The lowest BCUT2D eigenvalue weighted by Crippen LogP contribution is -2.49. The number of carbonyl (C=O) groups is 1. The lowest BCUT2D eigenvalue weighted by atomic mass is 9.94. The summed E-state index contributed by atoms with van der Waals surface area (Å²) in [6.07, 6.45) is 3.32. The number of hydrogen-bond acceptors (Lipinski definition) is 6. The molecule has 0 radical (unpaired) electrons. The Labute approximate surface area is 191 Å². The Balaban J connectivity index is 1.45. The number of ether oxygens (including phenoxy) is 1. The number of amides is 1. The van der Waals surface area contributed by atoms with E-state index in [4.69, 9.17) is 4.74 Å². The normalized spacial score (nSPS) is 19.5. The maximum atomic E-state index is 13.0. The zero-order valence-corrected chi connectivity index (χ0v) is 18.3. The lowest BCUT2D eigenvalue weighted by molar-refractivity contribution is 0.0597. The highest BCUT2D eigenvalue weighted by molar-refractivity contribution is 6.04. The third-order valence-corrected chi connectivity index (χ3v) is 6.24. The number of hydrogen-bond donors (Lipinski definition) is 2. The first-order valence-corrected chi connectivity index (χ1v) is 11.0. The van der Waals surface area contributed by atoms with Gasteiger partial charge in [0.25, 0.3) is 5.91 Å². The van der Waals surface area contributed by atoms with E-state index in [0.717, 1.165) is 29.1 Å². The number of nitrogens with one attached hydrogen (secondary N) is 1. The molecule has 4 heterocycles. The van der Waals surface area contributed by atoms with Gasteiger partial charge in [0.2, 0.25) is 0 Å². The monoisotopic (exact) mass is 448 g/mol. The molecule has 33 heavy (non-hydrogen) atoms. The van der Waals surface area contributed by atoms with Gasteiger partial charge >= 0.3 is 0 Å². The van der Waals surface area contributed by atoms with Gasteiger partial charge in [-0.2, -0.15) is 0 Å². The van der Waals surface area contributed by atoms with Crippen LogP contribution in [-0.4, -0.2) is 46.8 Å². The van der Waals surface area contributed by atoms with Crippen LogP contribution in [0.25, 0.3) is 11.1 Å². The second-order valence-corrected chi connectivity index (χ2v) is 8.45. The number of nitrogens with zero attached hydrogens (tertiary/aromatic N) is 3. The van der Waals surface area contributed by atoms with Gasteiger partial charge in [-0.25, -0.2) is 4.39 Å². The van der Waals surface area contributed by atoms with Gasteiger partial charge in [-0.05, 0) is 36.8 Å². The zero-order chi connectivity index (χ0) is 22.9. The van der Waals surface area contributed by atoms with Crippen molar-refractivity contribution in [1.29, 1.82) is 0 Å². The Kier molecular flexibility index (Phi) is 5.78. The average molecular weight is 448 g/mol. The highest BCUT2D eigenvalue weighted by Gasteiger charge is 2.35. The summed E-state index contributed by atoms with van der Waals surface area (Å²) in [5, 5.41) is 13.4. The molecule has 0 saturated carbocycles. The van der Waals surface area contributed by atoms with Gasteiger partial charge in [0.05, 0.1) is 42.5 Å². The molecule has 1 aromatic carbocycles. The largest absolute Gasteiger partial charge is 0.387 e. The van der Waals surface area contributed by atoms with Gasteiger partial charge < -0.3 is 20.1 Å². The van der Waals surface area contributed by atoms with E-state index in [-0.39, 0.29) is 11.9 Å². The molecular weight excluding hydrogens is 423 g/mol. The van der Waals surface area contributed by atoms with Crippen molar-refractivity contribution < 1.29 is 19.0 Å². The fourth-order valence-corrected chi connectivity index (χ4v) is 4.53. The highest BCUT2D eigenvalue weighted by Crippen LogP contribution is 2.39. The van der Waals surface area contributed by atoms with Gasteiger partial charge in [0, 0.05) is 41.5 Å². The maximum absolute atomic E-state index is 13.0. The van der Waals surface area contributed by atoms with Crippen LogP contribution in [0.3, 0.4) is 0 Å². The molecule has 5 rings (SSSR count). The topological polar surface area (TPSA) is 87.6 Å². The van der Waals surface area contributed by atoms with Crippen LogP contribution in [0.1, 0.15) is 39.8 Å². The molecule has 2 N–H and O–H groups in total. The summed E-state index contributed by atoms with van der Waals surface area (Å²) in [4.78, 5) is 24.0. The fourth-order valence-electron chi connectivity index (χ4n) is 4.53. The first-order chi connectivity index (χ1) is 16.0. The molecule has 1 saturated heterocycles. The van der Waals surface area contributed by atoms with Gasteiger partial charge in [0.1, 0.15) is 12.8 Å². The summed E-state index contributed by atoms with van der Waals surface area (Å²) in [6, 6.07) is 10.5. The van der Waals surface area contributed by atoms with Crippen LogP contribution in [0.2, 0.25) is 0 Å². The number of carbonyl (C=O) groups excluding carboxylic acids is 1. The van der Waals surface area contributed by atoms with E-state index in [1.807, 2.05) is 19.1 Å². The van der Waals surface area contributed by atoms with E-state index >= 15 is 0 Å². The smallest absolute Gasteiger partial charge is 0.255 e. The predicted molar refractivity (Wildman–Crippen MR) is 123 cm³/mol. The van der Waals surface area contributed by atoms with Crippen molar-refractivity contribution in [1.82, 2.24) is 9.97 Å². The Morgan fingerprint density at radius 1 is 1.27 bits per heavy atom. The summed E-state index contributed by atoms with van der Waals surface area (Å²) in [6.45, 7) is 3.26. The molecule has 2 aliphatic heterocycles. The van der Waals surface area contributed by atoms with E-state index in [9.17, 15) is 14.3 Å². The number of pyridine rings is 2. The summed E-state index contributed by atoms with van der Waals surface area (Å²) < 4.78 is 18.6. The van der Waals surface area contributed by atoms with E-state index < -0.39 is 12.8 Å². The summed E-state index contributed by atoms with van der Waals surface area (Å²) in [7, 11) is 0. The number of aliphatic hydroxyl groups excluding tert-OH is 1. The average Bonchev–Trinajstić information content (AvgIpc) is 2.85. The molecule has 0 spiro atoms. The van der Waals surface area contributed by atoms with Crippen molar-refractivity contribution in [2.75, 3.05) is 30.0 Å². The van der Waals surface area contributed by atoms with Crippen molar-refractivity contribution >= 4 is 17.3 Å². The summed E-state index contributed by atoms with van der Waals surface area (Å²) in [5.74, 6) is -0.329. The fraction of sp³-hybridized carbons (Fsp3) is 0.320. The van der Waals surface area contributed by atoms with Crippen LogP contribution in [0.15, 0.2) is 48.8 Å². The number of morpholine rings is 1. The summed E-state index contributed by atoms with van der Waals surface area (Å²) in [5.41, 5.74) is 5.46. The maximum Gasteiger partial charge on any atom is 0.255 e. The van der Waals surface area contributed by atoms with Crippen LogP contribution >= 0.6 is 0 Å². The molecule has 2 aromatic heterocycles. The molecule has 7 nitrogen and oxygen atoms in total. The van der Waals surface area contributed by atoms with Gasteiger partial charge in [-0.1, -0.05) is 12.1 Å². The van der Waals surface area contributed by atoms with Crippen molar-refractivity contribution in [3.63, 3.8) is 0 Å². The standard InChI is InChI=1S/C25H25FN4O3/c1-15-21(9-19(13-27-15)29-25(32)17-4-2-3-16(7-17)11-26)18-8-22-24(28-12-18)23(31)10-20-14-33-6-5-30(20)22/h2-4,7-9,12-13,20,23,31H,5-6,10-11,14H2,1H3,(H,29,32)/t20-,23-/m1/s1. The first kappa shape index (κ1) is 21.5. The van der Waals surface area contributed by atoms with Crippen LogP contribution in [-0.2, 0) is 11.4 Å². The van der Waals surface area contributed by atoms with Crippen LogP contribution in [0, 0.1) is 6.92 Å². The SMILES string of the molecule is Cc1ncc(NC(=O)c2cccc(CF)c2)cc1-c1cnc2c(c1)N1CCOC[C@H]1C[C@H]2O. The van der Waals surface area contributed by atoms with Crippen molar-refractivity contribution in [2.24, 2.45) is 0 Å². The number of aromatic nitrogens is 2. The Hall–Kier alpha value is -3.36. The van der Waals surface area contributed by atoms with Crippen molar-refractivity contribution in [3.8, 4) is 11.1 Å². The van der Waals surface area contributed by atoms with Crippen molar-refractivity contribution in [3.05, 3.63) is 71.3 Å². The second-order valence-electron chi connectivity index (χ2n) is 8.45. The number of anilines is 2. The van der Waals surface area contributed by atoms with E-state index in [0.29, 0.717) is 42.1 Å². The number of halogens is 1. The number of benzene rings is 1. The second kappa shape index (κ2) is 8.88. The molecule has 170 valence electrons. The lowest BCUT2D eigenvalue weighted by Gasteiger charge is -2.43. The van der Waals surface area contributed by atoms with E-state index in [1.54, 1.807) is 30.6 Å². The highest BCUT2D eigenvalue weighted by atomic mass is 19.1. The number of rotatable bonds is 4. The quantitative estimate of drug-likeness (QED) is 0.631. The molecular formula is C25H25FN4O3. The van der Waals surface area contributed by atoms with E-state index in [1.165, 1.54) is 6.07 Å². The number of aliphatic hydroxyl groups is 1. The minimum atomic E-state index is -0.624. The summed E-state index contributed by atoms with van der Waals surface area (Å²) >= 11 is 0. The van der Waals surface area contributed by atoms with Crippen LogP contribution in [0.4, 0.5) is 15.8 Å². The molecule has 1 fully saturated rings. The third kappa shape index (κ3) is 4.19. The third-order valence-electron chi connectivity index (χ3n) is 6.24. The molecule has 0 unspecified atom stereocenters. The van der Waals surface area contributed by atoms with Gasteiger partial charge in [-0.3, -0.25) is 14.8 Å². The Bertz CT molecular complexity index is 1200. The molecule has 1 amide bonds. The minimum Gasteiger partial charge on any atom is -0.387 e. The van der Waals surface area contributed by atoms with Gasteiger partial charge in [0.15, 0.2) is 0 Å². The Morgan fingerprint density at radius 2 is 2.15 bits per heavy atom. The molecule has 0 aliphatic carbocycles. The zero-order valence-electron chi connectivity index (χ0n) is 18.3. The van der Waals surface area contributed by atoms with Crippen molar-refractivity contribution in [2.45, 2.75) is 32.2 Å². The Morgan fingerprint density at radius 3 is 3.00 bits per heavy atom. The molecule has 3 aromatic rings. The molecule has 8 heteroatoms. The molecule has 0 bridgehead atoms. The number of fused-ring (bicyclic) bond motifs is 3.